The number of rotatable bonds is 4. The normalized spacial score (nSPS) is 51.7. The van der Waals surface area contributed by atoms with Crippen LogP contribution in [0.2, 0.25) is 0 Å². The lowest BCUT2D eigenvalue weighted by Gasteiger charge is -2.62. The summed E-state index contributed by atoms with van der Waals surface area (Å²) in [6.07, 6.45) is 9.16. The van der Waals surface area contributed by atoms with Gasteiger partial charge in [-0.05, 0) is 104 Å². The highest BCUT2D eigenvalue weighted by molar-refractivity contribution is 5.66. The Morgan fingerprint density at radius 2 is 1.64 bits per heavy atom. The van der Waals surface area contributed by atoms with Crippen molar-refractivity contribution < 1.29 is 20.1 Å². The Bertz CT molecular complexity index is 605. The van der Waals surface area contributed by atoms with Gasteiger partial charge in [-0.2, -0.15) is 0 Å². The maximum atomic E-state index is 11.1. The Morgan fingerprint density at radius 3 is 2.36 bits per heavy atom. The smallest absolute Gasteiger partial charge is 0.303 e. The number of carbonyl (C=O) groups is 1. The van der Waals surface area contributed by atoms with Gasteiger partial charge in [-0.25, -0.2) is 0 Å². The molecular formula is C24H40O4. The summed E-state index contributed by atoms with van der Waals surface area (Å²) in [5.41, 5.74) is 0.478. The van der Waals surface area contributed by atoms with Crippen molar-refractivity contribution in [2.75, 3.05) is 0 Å². The number of carboxylic acid groups (broad SMARTS) is 1. The molecule has 0 spiro atoms. The molecule has 10 atom stereocenters. The van der Waals surface area contributed by atoms with Crippen molar-refractivity contribution in [3.05, 3.63) is 0 Å². The van der Waals surface area contributed by atoms with Crippen molar-refractivity contribution in [1.82, 2.24) is 0 Å². The summed E-state index contributed by atoms with van der Waals surface area (Å²) < 4.78 is 0. The van der Waals surface area contributed by atoms with E-state index in [0.717, 1.165) is 32.1 Å². The minimum Gasteiger partial charge on any atom is -0.481 e. The van der Waals surface area contributed by atoms with E-state index < -0.39 is 5.97 Å². The van der Waals surface area contributed by atoms with Gasteiger partial charge in [0.1, 0.15) is 0 Å². The minimum atomic E-state index is -0.677. The van der Waals surface area contributed by atoms with Gasteiger partial charge in [0.05, 0.1) is 12.2 Å². The predicted molar refractivity (Wildman–Crippen MR) is 109 cm³/mol. The highest BCUT2D eigenvalue weighted by Crippen LogP contribution is 2.68. The number of carboxylic acids is 1. The van der Waals surface area contributed by atoms with Crippen LogP contribution in [-0.2, 0) is 4.79 Å². The lowest BCUT2D eigenvalue weighted by atomic mass is 9.44. The zero-order valence-electron chi connectivity index (χ0n) is 17.9. The van der Waals surface area contributed by atoms with E-state index in [1.165, 1.54) is 25.7 Å². The van der Waals surface area contributed by atoms with Crippen molar-refractivity contribution in [2.24, 2.45) is 46.3 Å². The predicted octanol–water partition coefficient (Wildman–Crippen LogP) is 4.48. The quantitative estimate of drug-likeness (QED) is 0.659. The second-order valence-electron chi connectivity index (χ2n) is 11.4. The maximum Gasteiger partial charge on any atom is 0.303 e. The van der Waals surface area contributed by atoms with Gasteiger partial charge >= 0.3 is 5.97 Å². The monoisotopic (exact) mass is 392 g/mol. The van der Waals surface area contributed by atoms with E-state index in [9.17, 15) is 15.0 Å². The highest BCUT2D eigenvalue weighted by Gasteiger charge is 2.62. The lowest BCUT2D eigenvalue weighted by molar-refractivity contribution is -0.172. The standard InChI is InChI=1S/C24H40O4/c1-14(4-7-22(27)28)17-5-6-18-16-13-21(26)20-12-15(25)8-10-24(20,3)19(16)9-11-23(17,18)2/h14-21,25-26H,4-13H2,1-3H3,(H,27,28)/t14-,15-,16+,17-,18-,19+,20-,21+,23-,24-/m1/s1. The van der Waals surface area contributed by atoms with Crippen LogP contribution in [-0.4, -0.2) is 33.5 Å². The maximum absolute atomic E-state index is 11.1. The SMILES string of the molecule is C[C@H](CCC(=O)O)[C@H]1CC[C@@H]2[C@@H]3C[C@H](O)[C@H]4C[C@H](O)CC[C@]4(C)[C@H]3CC[C@@]21C. The van der Waals surface area contributed by atoms with Gasteiger partial charge in [-0.3, -0.25) is 4.79 Å². The van der Waals surface area contributed by atoms with Crippen LogP contribution in [0.3, 0.4) is 0 Å². The van der Waals surface area contributed by atoms with E-state index >= 15 is 0 Å². The molecule has 4 aliphatic rings. The first-order valence-corrected chi connectivity index (χ1v) is 11.7. The summed E-state index contributed by atoms with van der Waals surface area (Å²) in [5, 5.41) is 30.4. The van der Waals surface area contributed by atoms with Gasteiger partial charge in [-0.1, -0.05) is 20.8 Å². The molecule has 160 valence electrons. The Balaban J connectivity index is 1.55. The van der Waals surface area contributed by atoms with Crippen LogP contribution in [0.1, 0.15) is 85.0 Å². The molecule has 0 bridgehead atoms. The molecular weight excluding hydrogens is 352 g/mol. The van der Waals surface area contributed by atoms with Crippen LogP contribution in [0.4, 0.5) is 0 Å². The van der Waals surface area contributed by atoms with E-state index in [-0.39, 0.29) is 30.0 Å². The van der Waals surface area contributed by atoms with Crippen LogP contribution in [0.25, 0.3) is 0 Å². The number of fused-ring (bicyclic) bond motifs is 5. The van der Waals surface area contributed by atoms with Crippen LogP contribution in [0.15, 0.2) is 0 Å². The van der Waals surface area contributed by atoms with Crippen molar-refractivity contribution in [2.45, 2.75) is 97.2 Å². The largest absolute Gasteiger partial charge is 0.481 e. The van der Waals surface area contributed by atoms with Gasteiger partial charge in [0.25, 0.3) is 0 Å². The van der Waals surface area contributed by atoms with Gasteiger partial charge < -0.3 is 15.3 Å². The number of hydrogen-bond donors (Lipinski definition) is 3. The first kappa shape index (κ1) is 20.7. The Morgan fingerprint density at radius 1 is 0.964 bits per heavy atom. The van der Waals surface area contributed by atoms with Gasteiger partial charge in [0.15, 0.2) is 0 Å². The molecule has 0 aliphatic heterocycles. The fourth-order valence-electron chi connectivity index (χ4n) is 8.81. The molecule has 4 heteroatoms. The van der Waals surface area contributed by atoms with Crippen molar-refractivity contribution in [1.29, 1.82) is 0 Å². The van der Waals surface area contributed by atoms with E-state index in [4.69, 9.17) is 5.11 Å². The second-order valence-corrected chi connectivity index (χ2v) is 11.4. The first-order chi connectivity index (χ1) is 13.2. The van der Waals surface area contributed by atoms with Crippen LogP contribution in [0.5, 0.6) is 0 Å². The van der Waals surface area contributed by atoms with Crippen molar-refractivity contribution in [3.8, 4) is 0 Å². The molecule has 0 saturated heterocycles. The summed E-state index contributed by atoms with van der Waals surface area (Å²) in [6.45, 7) is 7.16. The Kier molecular flexibility index (Phi) is 5.36. The Labute approximate surface area is 170 Å². The lowest BCUT2D eigenvalue weighted by Crippen LogP contribution is -2.58. The zero-order chi connectivity index (χ0) is 20.3. The van der Waals surface area contributed by atoms with Crippen molar-refractivity contribution >= 4 is 5.97 Å². The molecule has 4 fully saturated rings. The van der Waals surface area contributed by atoms with Crippen LogP contribution < -0.4 is 0 Å². The average Bonchev–Trinajstić information content (AvgIpc) is 2.99. The third-order valence-corrected chi connectivity index (χ3v) is 10.2. The van der Waals surface area contributed by atoms with E-state index in [1.807, 2.05) is 0 Å². The minimum absolute atomic E-state index is 0.176. The second kappa shape index (κ2) is 7.27. The molecule has 0 aromatic heterocycles. The zero-order valence-corrected chi connectivity index (χ0v) is 17.9. The molecule has 4 saturated carbocycles. The number of aliphatic hydroxyl groups is 2. The molecule has 0 aromatic rings. The fourth-order valence-corrected chi connectivity index (χ4v) is 8.81. The summed E-state index contributed by atoms with van der Waals surface area (Å²) in [4.78, 5) is 11.1. The average molecular weight is 393 g/mol. The molecule has 0 heterocycles. The van der Waals surface area contributed by atoms with Gasteiger partial charge in [0.2, 0.25) is 0 Å². The topological polar surface area (TPSA) is 77.8 Å². The molecule has 4 rings (SSSR count). The summed E-state index contributed by atoms with van der Waals surface area (Å²) in [6, 6.07) is 0. The number of hydrogen-bond acceptors (Lipinski definition) is 3. The molecule has 0 aromatic carbocycles. The van der Waals surface area contributed by atoms with Gasteiger partial charge in [0, 0.05) is 6.42 Å². The fraction of sp³-hybridized carbons (Fsp3) is 0.958. The molecule has 4 nitrogen and oxygen atoms in total. The molecule has 4 aliphatic carbocycles. The molecule has 0 amide bonds. The molecule has 3 N–H and O–H groups in total. The van der Waals surface area contributed by atoms with E-state index in [2.05, 4.69) is 20.8 Å². The van der Waals surface area contributed by atoms with E-state index in [0.29, 0.717) is 35.0 Å². The van der Waals surface area contributed by atoms with Crippen LogP contribution in [0, 0.1) is 46.3 Å². The summed E-state index contributed by atoms with van der Waals surface area (Å²) in [5.74, 6) is 2.61. The first-order valence-electron chi connectivity index (χ1n) is 11.7. The number of aliphatic carboxylic acids is 1. The molecule has 0 radical (unpaired) electrons. The molecule has 0 unspecified atom stereocenters. The van der Waals surface area contributed by atoms with Crippen molar-refractivity contribution in [3.63, 3.8) is 0 Å². The summed E-state index contributed by atoms with van der Waals surface area (Å²) in [7, 11) is 0. The third kappa shape index (κ3) is 3.14. The number of aliphatic hydroxyl groups excluding tert-OH is 2. The Hall–Kier alpha value is -0.610. The van der Waals surface area contributed by atoms with E-state index in [1.54, 1.807) is 0 Å². The molecule has 28 heavy (non-hydrogen) atoms. The van der Waals surface area contributed by atoms with Gasteiger partial charge in [-0.15, -0.1) is 0 Å². The third-order valence-electron chi connectivity index (χ3n) is 10.2. The summed E-state index contributed by atoms with van der Waals surface area (Å²) >= 11 is 0. The van der Waals surface area contributed by atoms with Crippen LogP contribution >= 0.6 is 0 Å². The highest BCUT2D eigenvalue weighted by atomic mass is 16.4.